The molecule has 0 aliphatic rings. The van der Waals surface area contributed by atoms with Crippen LogP contribution in [0.25, 0.3) is 10.9 Å². The largest absolute Gasteiger partial charge is 0.496 e. The van der Waals surface area contributed by atoms with Gasteiger partial charge in [-0.3, -0.25) is 0 Å². The Labute approximate surface area is 108 Å². The summed E-state index contributed by atoms with van der Waals surface area (Å²) in [5.74, 6) is -0.219. The highest BCUT2D eigenvalue weighted by molar-refractivity contribution is 9.09. The van der Waals surface area contributed by atoms with Crippen molar-refractivity contribution in [2.75, 3.05) is 12.4 Å². The Morgan fingerprint density at radius 3 is 2.94 bits per heavy atom. The molecular formula is C12H13BrFNO. The van der Waals surface area contributed by atoms with Crippen LogP contribution in [0, 0.1) is 12.7 Å². The van der Waals surface area contributed by atoms with E-state index in [1.807, 2.05) is 0 Å². The molecule has 1 heterocycles. The smallest absolute Gasteiger partial charge is 0.147 e. The van der Waals surface area contributed by atoms with Gasteiger partial charge < -0.3 is 9.30 Å². The standard InChI is InChI=1S/C12H13BrFNO/c1-8-7-9-11(16-2)4-3-10(14)12(9)15(8)6-5-13/h3-4,7H,5-6H2,1-2H3/i5D2,6D2. The van der Waals surface area contributed by atoms with Crippen molar-refractivity contribution in [2.24, 2.45) is 0 Å². The SMILES string of the molecule is [2H]C([2H])(Br)C([2H])([2H])n1c(C)cc2c(OC)ccc(F)c21. The lowest BCUT2D eigenvalue weighted by Crippen LogP contribution is -2.02. The minimum Gasteiger partial charge on any atom is -0.496 e. The van der Waals surface area contributed by atoms with Crippen molar-refractivity contribution >= 4 is 26.8 Å². The number of rotatable bonds is 3. The Hall–Kier alpha value is -1.03. The first-order valence-corrected chi connectivity index (χ1v) is 5.44. The van der Waals surface area contributed by atoms with Gasteiger partial charge in [0.15, 0.2) is 0 Å². The highest BCUT2D eigenvalue weighted by Gasteiger charge is 2.13. The summed E-state index contributed by atoms with van der Waals surface area (Å²) in [6.07, 6.45) is 0. The molecule has 2 aromatic rings. The molecule has 0 atom stereocenters. The summed E-state index contributed by atoms with van der Waals surface area (Å²) >= 11 is 2.69. The van der Waals surface area contributed by atoms with E-state index in [0.717, 1.165) is 4.57 Å². The molecule has 4 heteroatoms. The molecule has 0 aliphatic carbocycles. The van der Waals surface area contributed by atoms with Gasteiger partial charge in [-0.05, 0) is 25.1 Å². The van der Waals surface area contributed by atoms with Crippen LogP contribution in [-0.2, 0) is 6.50 Å². The highest BCUT2D eigenvalue weighted by Crippen LogP contribution is 2.30. The number of alkyl halides is 1. The molecule has 0 radical (unpaired) electrons. The maximum Gasteiger partial charge on any atom is 0.147 e. The predicted molar refractivity (Wildman–Crippen MR) is 67.0 cm³/mol. The first kappa shape index (κ1) is 7.33. The summed E-state index contributed by atoms with van der Waals surface area (Å²) in [4.78, 5) is 0. The fraction of sp³-hybridized carbons (Fsp3) is 0.333. The van der Waals surface area contributed by atoms with Crippen LogP contribution in [-0.4, -0.2) is 17.0 Å². The van der Waals surface area contributed by atoms with Gasteiger partial charge in [-0.25, -0.2) is 4.39 Å². The number of halogens is 2. The first-order valence-electron chi connectivity index (χ1n) is 6.65. The molecule has 16 heavy (non-hydrogen) atoms. The first-order chi connectivity index (χ1) is 9.11. The Morgan fingerprint density at radius 1 is 1.56 bits per heavy atom. The van der Waals surface area contributed by atoms with Crippen molar-refractivity contribution in [3.8, 4) is 5.75 Å². The van der Waals surface area contributed by atoms with Gasteiger partial charge in [0.25, 0.3) is 0 Å². The number of nitrogens with zero attached hydrogens (tertiary/aromatic N) is 1. The third-order valence-corrected chi connectivity index (χ3v) is 2.61. The normalized spacial score (nSPS) is 16.5. The zero-order chi connectivity index (χ0) is 15.3. The van der Waals surface area contributed by atoms with Crippen LogP contribution < -0.4 is 4.74 Å². The van der Waals surface area contributed by atoms with E-state index < -0.39 is 17.6 Å². The van der Waals surface area contributed by atoms with Gasteiger partial charge in [0, 0.05) is 25.6 Å². The number of hydrogen-bond acceptors (Lipinski definition) is 1. The molecule has 0 unspecified atom stereocenters. The number of ether oxygens (including phenoxy) is 1. The maximum atomic E-state index is 14.1. The van der Waals surface area contributed by atoms with Gasteiger partial charge >= 0.3 is 0 Å². The van der Waals surface area contributed by atoms with Gasteiger partial charge in [-0.15, -0.1) is 0 Å². The molecule has 2 nitrogen and oxygen atoms in total. The van der Waals surface area contributed by atoms with E-state index in [1.54, 1.807) is 13.0 Å². The highest BCUT2D eigenvalue weighted by atomic mass is 79.9. The molecule has 0 fully saturated rings. The van der Waals surface area contributed by atoms with Gasteiger partial charge in [0.1, 0.15) is 11.6 Å². The number of methoxy groups -OCH3 is 1. The lowest BCUT2D eigenvalue weighted by Gasteiger charge is -2.07. The number of aromatic nitrogens is 1. The fourth-order valence-electron chi connectivity index (χ4n) is 1.74. The van der Waals surface area contributed by atoms with Crippen LogP contribution in [0.2, 0.25) is 0 Å². The van der Waals surface area contributed by atoms with Gasteiger partial charge in [0.2, 0.25) is 0 Å². The van der Waals surface area contributed by atoms with Crippen molar-refractivity contribution in [1.29, 1.82) is 0 Å². The molecule has 1 aromatic heterocycles. The molecule has 1 aromatic carbocycles. The number of benzene rings is 1. The van der Waals surface area contributed by atoms with E-state index in [2.05, 4.69) is 15.9 Å². The predicted octanol–water partition coefficient (Wildman–Crippen LogP) is 3.49. The zero-order valence-electron chi connectivity index (χ0n) is 12.8. The Bertz CT molecular complexity index is 666. The Balaban J connectivity index is 2.88. The topological polar surface area (TPSA) is 14.2 Å². The van der Waals surface area contributed by atoms with Crippen molar-refractivity contribution in [2.45, 2.75) is 13.4 Å². The number of fused-ring (bicyclic) bond motifs is 1. The van der Waals surface area contributed by atoms with Crippen molar-refractivity contribution < 1.29 is 14.6 Å². The summed E-state index contributed by atoms with van der Waals surface area (Å²) in [5.41, 5.74) is 0.381. The molecule has 0 spiro atoms. The Morgan fingerprint density at radius 2 is 2.31 bits per heavy atom. The average molecular weight is 290 g/mol. The summed E-state index contributed by atoms with van der Waals surface area (Å²) < 4.78 is 51.4. The molecule has 0 amide bonds. The molecule has 0 N–H and O–H groups in total. The third-order valence-electron chi connectivity index (χ3n) is 2.43. The monoisotopic (exact) mass is 289 g/mol. The van der Waals surface area contributed by atoms with Crippen molar-refractivity contribution in [1.82, 2.24) is 4.57 Å². The second kappa shape index (κ2) is 4.45. The molecule has 2 rings (SSSR count). The third kappa shape index (κ3) is 1.71. The van der Waals surface area contributed by atoms with Crippen molar-refractivity contribution in [3.05, 3.63) is 29.7 Å². The van der Waals surface area contributed by atoms with Crippen LogP contribution in [0.3, 0.4) is 0 Å². The molecule has 0 bridgehead atoms. The van der Waals surface area contributed by atoms with E-state index in [1.165, 1.54) is 19.2 Å². The minimum atomic E-state index is -2.47. The number of aryl methyl sites for hydroxylation is 2. The molecule has 86 valence electrons. The average Bonchev–Trinajstić information content (AvgIpc) is 2.66. The molecule has 0 saturated heterocycles. The molecular weight excluding hydrogens is 273 g/mol. The van der Waals surface area contributed by atoms with E-state index >= 15 is 0 Å². The van der Waals surface area contributed by atoms with E-state index in [4.69, 9.17) is 10.2 Å². The second-order valence-corrected chi connectivity index (χ2v) is 3.74. The Kier molecular flexibility index (Phi) is 2.04. The summed E-state index contributed by atoms with van der Waals surface area (Å²) in [5, 5.41) is -1.95. The lowest BCUT2D eigenvalue weighted by atomic mass is 10.2. The fourth-order valence-corrected chi connectivity index (χ4v) is 1.92. The van der Waals surface area contributed by atoms with Crippen LogP contribution in [0.4, 0.5) is 4.39 Å². The maximum absolute atomic E-state index is 14.1. The van der Waals surface area contributed by atoms with E-state index in [9.17, 15) is 4.39 Å². The van der Waals surface area contributed by atoms with Gasteiger partial charge in [-0.1, -0.05) is 15.9 Å². The van der Waals surface area contributed by atoms with E-state index in [-0.39, 0.29) is 5.52 Å². The summed E-state index contributed by atoms with van der Waals surface area (Å²) in [6.45, 7) is -0.874. The quantitative estimate of drug-likeness (QED) is 0.789. The summed E-state index contributed by atoms with van der Waals surface area (Å²) in [7, 11) is 1.44. The molecule has 0 saturated carbocycles. The summed E-state index contributed by atoms with van der Waals surface area (Å²) in [6, 6.07) is 4.21. The van der Waals surface area contributed by atoms with Crippen LogP contribution >= 0.6 is 15.9 Å². The lowest BCUT2D eigenvalue weighted by molar-refractivity contribution is 0.419. The van der Waals surface area contributed by atoms with Crippen LogP contribution in [0.5, 0.6) is 5.75 Å². The minimum absolute atomic E-state index is 0.0184. The van der Waals surface area contributed by atoms with Crippen LogP contribution in [0.15, 0.2) is 18.2 Å². The van der Waals surface area contributed by atoms with Crippen molar-refractivity contribution in [3.63, 3.8) is 0 Å². The van der Waals surface area contributed by atoms with E-state index in [0.29, 0.717) is 16.8 Å². The van der Waals surface area contributed by atoms with Crippen LogP contribution in [0.1, 0.15) is 11.2 Å². The second-order valence-electron chi connectivity index (χ2n) is 3.34. The molecule has 0 aliphatic heterocycles. The number of hydrogen-bond donors (Lipinski definition) is 0. The zero-order valence-corrected chi connectivity index (χ0v) is 10.4. The van der Waals surface area contributed by atoms with Gasteiger partial charge in [0.05, 0.1) is 15.4 Å². The van der Waals surface area contributed by atoms with Gasteiger partial charge in [-0.2, -0.15) is 0 Å².